The summed E-state index contributed by atoms with van der Waals surface area (Å²) >= 11 is 0. The zero-order chi connectivity index (χ0) is 20.8. The van der Waals surface area contributed by atoms with Crippen LogP contribution in [0.25, 0.3) is 0 Å². The van der Waals surface area contributed by atoms with Crippen LogP contribution in [0.3, 0.4) is 0 Å². The fourth-order valence-corrected chi connectivity index (χ4v) is 4.46. The first-order chi connectivity index (χ1) is 13.7. The number of benzene rings is 1. The minimum atomic E-state index is -4.47. The molecule has 1 unspecified atom stereocenters. The third kappa shape index (κ3) is 3.56. The van der Waals surface area contributed by atoms with Crippen LogP contribution in [0.5, 0.6) is 0 Å². The van der Waals surface area contributed by atoms with E-state index in [1.165, 1.54) is 12.1 Å². The summed E-state index contributed by atoms with van der Waals surface area (Å²) in [5.41, 5.74) is 1.11. The first kappa shape index (κ1) is 19.7. The first-order valence-electron chi connectivity index (χ1n) is 9.70. The number of hydrogen-bond acceptors (Lipinski definition) is 4. The van der Waals surface area contributed by atoms with Crippen LogP contribution in [-0.2, 0) is 18.0 Å². The second-order valence-electron chi connectivity index (χ2n) is 8.13. The quantitative estimate of drug-likeness (QED) is 0.766. The molecule has 1 aliphatic heterocycles. The molecule has 0 saturated carbocycles. The van der Waals surface area contributed by atoms with Gasteiger partial charge < -0.3 is 9.80 Å². The van der Waals surface area contributed by atoms with E-state index in [4.69, 9.17) is 4.98 Å². The number of alkyl halides is 3. The highest BCUT2D eigenvalue weighted by Crippen LogP contribution is 2.44. The highest BCUT2D eigenvalue weighted by Gasteiger charge is 2.45. The van der Waals surface area contributed by atoms with E-state index in [9.17, 15) is 18.0 Å². The van der Waals surface area contributed by atoms with E-state index >= 15 is 0 Å². The van der Waals surface area contributed by atoms with Gasteiger partial charge in [-0.2, -0.15) is 13.2 Å². The van der Waals surface area contributed by atoms with Crippen molar-refractivity contribution in [2.75, 3.05) is 32.1 Å². The molecule has 29 heavy (non-hydrogen) atoms. The molecule has 1 atom stereocenters. The molecule has 4 rings (SSSR count). The number of likely N-dealkylation sites (tertiary alicyclic amines) is 1. The fraction of sp³-hybridized carbons (Fsp3) is 0.476. The molecule has 1 aliphatic carbocycles. The summed E-state index contributed by atoms with van der Waals surface area (Å²) in [6.07, 6.45) is 0.833. The molecular weight excluding hydrogens is 381 g/mol. The summed E-state index contributed by atoms with van der Waals surface area (Å²) in [5.74, 6) is 0.275. The van der Waals surface area contributed by atoms with Crippen LogP contribution < -0.4 is 4.90 Å². The third-order valence-corrected chi connectivity index (χ3v) is 5.93. The Morgan fingerprint density at radius 2 is 2.03 bits per heavy atom. The number of nitrogens with zero attached hydrogens (tertiary/aromatic N) is 4. The molecule has 1 amide bonds. The normalized spacial score (nSPS) is 21.3. The summed E-state index contributed by atoms with van der Waals surface area (Å²) in [4.78, 5) is 25.7. The van der Waals surface area contributed by atoms with Crippen LogP contribution in [0.4, 0.5) is 19.1 Å². The molecule has 1 spiro atoms. The van der Waals surface area contributed by atoms with Gasteiger partial charge in [-0.05, 0) is 49.4 Å². The number of carbonyl (C=O) groups is 1. The lowest BCUT2D eigenvalue weighted by Gasteiger charge is -2.40. The molecule has 8 heteroatoms. The number of carbonyl (C=O) groups excluding carboxylic acids is 1. The van der Waals surface area contributed by atoms with Crippen LogP contribution >= 0.6 is 0 Å². The van der Waals surface area contributed by atoms with E-state index in [1.54, 1.807) is 4.90 Å². The summed E-state index contributed by atoms with van der Waals surface area (Å²) < 4.78 is 39.1. The Bertz CT molecular complexity index is 940. The van der Waals surface area contributed by atoms with Crippen LogP contribution in [0.15, 0.2) is 30.5 Å². The summed E-state index contributed by atoms with van der Waals surface area (Å²) in [6.45, 7) is 1.01. The van der Waals surface area contributed by atoms with Crippen LogP contribution in [-0.4, -0.2) is 48.0 Å². The molecule has 2 aromatic rings. The van der Waals surface area contributed by atoms with Crippen LogP contribution in [0.1, 0.15) is 46.4 Å². The van der Waals surface area contributed by atoms with Crippen molar-refractivity contribution >= 4 is 11.9 Å². The number of amides is 1. The maximum atomic E-state index is 13.0. The summed E-state index contributed by atoms with van der Waals surface area (Å²) in [6, 6.07) is 4.67. The Hall–Kier alpha value is -2.64. The van der Waals surface area contributed by atoms with Crippen molar-refractivity contribution in [1.82, 2.24) is 14.9 Å². The van der Waals surface area contributed by atoms with E-state index in [2.05, 4.69) is 4.98 Å². The Morgan fingerprint density at radius 3 is 2.76 bits per heavy atom. The number of hydrogen-bond donors (Lipinski definition) is 0. The zero-order valence-electron chi connectivity index (χ0n) is 16.5. The lowest BCUT2D eigenvalue weighted by molar-refractivity contribution is -0.137. The van der Waals surface area contributed by atoms with Gasteiger partial charge in [-0.25, -0.2) is 9.97 Å². The number of rotatable bonds is 2. The highest BCUT2D eigenvalue weighted by atomic mass is 19.4. The van der Waals surface area contributed by atoms with Crippen molar-refractivity contribution in [2.45, 2.75) is 37.3 Å². The molecule has 0 N–H and O–H groups in total. The van der Waals surface area contributed by atoms with Gasteiger partial charge in [-0.1, -0.05) is 6.07 Å². The number of aryl methyl sites for hydroxylation is 1. The van der Waals surface area contributed by atoms with Crippen LogP contribution in [0, 0.1) is 0 Å². The minimum Gasteiger partial charge on any atom is -0.347 e. The van der Waals surface area contributed by atoms with Gasteiger partial charge in [0.15, 0.2) is 0 Å². The minimum absolute atomic E-state index is 0.0757. The molecule has 0 bridgehead atoms. The van der Waals surface area contributed by atoms with E-state index in [-0.39, 0.29) is 16.9 Å². The van der Waals surface area contributed by atoms with Gasteiger partial charge >= 0.3 is 6.18 Å². The van der Waals surface area contributed by atoms with Gasteiger partial charge in [-0.15, -0.1) is 0 Å². The van der Waals surface area contributed by atoms with E-state index in [0.717, 1.165) is 49.1 Å². The van der Waals surface area contributed by atoms with Gasteiger partial charge in [0.25, 0.3) is 5.91 Å². The van der Waals surface area contributed by atoms with Crippen LogP contribution in [0.2, 0.25) is 0 Å². The largest absolute Gasteiger partial charge is 0.416 e. The maximum Gasteiger partial charge on any atom is 0.416 e. The molecule has 2 heterocycles. The Morgan fingerprint density at radius 1 is 1.24 bits per heavy atom. The van der Waals surface area contributed by atoms with E-state index in [0.29, 0.717) is 19.0 Å². The molecule has 1 fully saturated rings. The summed E-state index contributed by atoms with van der Waals surface area (Å²) in [5, 5.41) is 0. The molecule has 1 saturated heterocycles. The second-order valence-corrected chi connectivity index (χ2v) is 8.13. The number of anilines is 1. The fourth-order valence-electron chi connectivity index (χ4n) is 4.46. The zero-order valence-corrected chi connectivity index (χ0v) is 16.5. The van der Waals surface area contributed by atoms with E-state index in [1.807, 2.05) is 25.2 Å². The maximum absolute atomic E-state index is 13.0. The van der Waals surface area contributed by atoms with Gasteiger partial charge in [0.1, 0.15) is 0 Å². The van der Waals surface area contributed by atoms with Crippen molar-refractivity contribution in [3.8, 4) is 0 Å². The van der Waals surface area contributed by atoms with E-state index < -0.39 is 11.7 Å². The molecule has 1 aromatic heterocycles. The van der Waals surface area contributed by atoms with Gasteiger partial charge in [0.2, 0.25) is 5.95 Å². The van der Waals surface area contributed by atoms with Crippen molar-refractivity contribution in [3.63, 3.8) is 0 Å². The average molecular weight is 404 g/mol. The van der Waals surface area contributed by atoms with Crippen molar-refractivity contribution in [1.29, 1.82) is 0 Å². The van der Waals surface area contributed by atoms with Gasteiger partial charge in [0, 0.05) is 44.4 Å². The van der Waals surface area contributed by atoms with Crippen molar-refractivity contribution < 1.29 is 18.0 Å². The number of piperidine rings is 1. The standard InChI is InChI=1S/C21H23F3N4O/c1-27(2)19-25-12-15-7-9-20(17(15)26-19)8-4-10-28(13-20)18(29)14-5-3-6-16(11-14)21(22,23)24/h3,5-6,11-12H,4,7-10,13H2,1-2H3. The third-order valence-electron chi connectivity index (χ3n) is 5.93. The lowest BCUT2D eigenvalue weighted by atomic mass is 9.77. The lowest BCUT2D eigenvalue weighted by Crippen LogP contribution is -2.48. The molecule has 1 aromatic carbocycles. The molecule has 0 radical (unpaired) electrons. The van der Waals surface area contributed by atoms with Gasteiger partial charge in [0.05, 0.1) is 11.3 Å². The second kappa shape index (κ2) is 7.00. The SMILES string of the molecule is CN(C)c1ncc2c(n1)C1(CCCN(C(=O)c3cccc(C(F)(F)F)c3)C1)CC2. The predicted molar refractivity (Wildman–Crippen MR) is 103 cm³/mol. The summed E-state index contributed by atoms with van der Waals surface area (Å²) in [7, 11) is 3.77. The van der Waals surface area contributed by atoms with Gasteiger partial charge in [-0.3, -0.25) is 4.79 Å². The van der Waals surface area contributed by atoms with Crippen molar-refractivity contribution in [3.05, 3.63) is 52.8 Å². The topological polar surface area (TPSA) is 49.3 Å². The van der Waals surface area contributed by atoms with Crippen molar-refractivity contribution in [2.24, 2.45) is 0 Å². The number of aromatic nitrogens is 2. The number of fused-ring (bicyclic) bond motifs is 2. The molecule has 2 aliphatic rings. The Balaban J connectivity index is 1.62. The highest BCUT2D eigenvalue weighted by molar-refractivity contribution is 5.94. The Labute approximate surface area is 167 Å². The average Bonchev–Trinajstić information content (AvgIpc) is 3.04. The molecule has 5 nitrogen and oxygen atoms in total. The first-order valence-corrected chi connectivity index (χ1v) is 9.70. The molecular formula is C21H23F3N4O. The monoisotopic (exact) mass is 404 g/mol. The molecule has 154 valence electrons. The predicted octanol–water partition coefficient (Wildman–Crippen LogP) is 3.68. The Kier molecular flexibility index (Phi) is 4.75. The number of halogens is 3. The smallest absolute Gasteiger partial charge is 0.347 e.